The van der Waals surface area contributed by atoms with E-state index < -0.39 is 17.6 Å². The summed E-state index contributed by atoms with van der Waals surface area (Å²) in [7, 11) is 1.54. The smallest absolute Gasteiger partial charge is 0.416 e. The van der Waals surface area contributed by atoms with Crippen LogP contribution >= 0.6 is 11.3 Å². The molecule has 0 fully saturated rings. The van der Waals surface area contributed by atoms with Crippen LogP contribution in [0.3, 0.4) is 0 Å². The molecule has 1 aromatic heterocycles. The number of benzene rings is 3. The molecule has 0 spiro atoms. The zero-order chi connectivity index (χ0) is 21.3. The fourth-order valence-electron chi connectivity index (χ4n) is 2.93. The normalized spacial score (nSPS) is 11.5. The first-order valence-corrected chi connectivity index (χ1v) is 9.69. The van der Waals surface area contributed by atoms with E-state index in [-0.39, 0.29) is 5.56 Å². The molecule has 0 aliphatic carbocycles. The van der Waals surface area contributed by atoms with Crippen molar-refractivity contribution in [3.63, 3.8) is 0 Å². The lowest BCUT2D eigenvalue weighted by atomic mass is 10.1. The number of para-hydroxylation sites is 1. The van der Waals surface area contributed by atoms with Gasteiger partial charge in [-0.15, -0.1) is 11.3 Å². The van der Waals surface area contributed by atoms with Gasteiger partial charge in [0.1, 0.15) is 10.8 Å². The van der Waals surface area contributed by atoms with Gasteiger partial charge in [-0.05, 0) is 54.6 Å². The summed E-state index contributed by atoms with van der Waals surface area (Å²) in [5.41, 5.74) is 1.30. The molecular weight excluding hydrogens is 413 g/mol. The number of halogens is 3. The maximum atomic E-state index is 12.7. The number of aromatic nitrogens is 1. The van der Waals surface area contributed by atoms with Crippen molar-refractivity contribution in [2.24, 2.45) is 0 Å². The zero-order valence-corrected chi connectivity index (χ0v) is 16.5. The Morgan fingerprint density at radius 3 is 2.43 bits per heavy atom. The van der Waals surface area contributed by atoms with Gasteiger partial charge in [0.05, 0.1) is 28.6 Å². The number of hydrogen-bond acceptors (Lipinski definition) is 4. The number of anilines is 1. The molecule has 0 aliphatic rings. The number of methoxy groups -OCH3 is 1. The highest BCUT2D eigenvalue weighted by atomic mass is 32.1. The molecule has 0 saturated carbocycles. The Morgan fingerprint density at radius 2 is 1.77 bits per heavy atom. The highest BCUT2D eigenvalue weighted by molar-refractivity contribution is 7.21. The standard InChI is InChI=1S/C22H15F3N2O2S/c1-29-15-10-11-17(16(12-15)21-27-18-4-2-3-5-19(18)30-21)26-20(28)13-6-8-14(9-7-13)22(23,24)25/h2-12H,1H3,(H,26,28). The third-order valence-electron chi connectivity index (χ3n) is 4.47. The number of alkyl halides is 3. The Morgan fingerprint density at radius 1 is 1.03 bits per heavy atom. The van der Waals surface area contributed by atoms with Crippen molar-refractivity contribution in [3.05, 3.63) is 77.9 Å². The highest BCUT2D eigenvalue weighted by Gasteiger charge is 2.30. The van der Waals surface area contributed by atoms with Crippen LogP contribution < -0.4 is 10.1 Å². The van der Waals surface area contributed by atoms with Crippen molar-refractivity contribution in [3.8, 4) is 16.3 Å². The molecule has 0 unspecified atom stereocenters. The predicted octanol–water partition coefficient (Wildman–Crippen LogP) is 6.24. The summed E-state index contributed by atoms with van der Waals surface area (Å²) in [6, 6.07) is 16.9. The van der Waals surface area contributed by atoms with Crippen molar-refractivity contribution >= 4 is 33.1 Å². The Bertz CT molecular complexity index is 1180. The number of rotatable bonds is 4. The quantitative estimate of drug-likeness (QED) is 0.418. The average molecular weight is 428 g/mol. The monoisotopic (exact) mass is 428 g/mol. The second-order valence-electron chi connectivity index (χ2n) is 6.43. The first-order valence-electron chi connectivity index (χ1n) is 8.88. The molecule has 4 rings (SSSR count). The summed E-state index contributed by atoms with van der Waals surface area (Å²) in [4.78, 5) is 17.3. The molecule has 3 aromatic carbocycles. The molecule has 30 heavy (non-hydrogen) atoms. The van der Waals surface area contributed by atoms with Crippen LogP contribution in [0.15, 0.2) is 66.7 Å². The maximum Gasteiger partial charge on any atom is 0.416 e. The molecule has 4 nitrogen and oxygen atoms in total. The maximum absolute atomic E-state index is 12.7. The van der Waals surface area contributed by atoms with Gasteiger partial charge in [0, 0.05) is 11.1 Å². The molecule has 0 saturated heterocycles. The van der Waals surface area contributed by atoms with Gasteiger partial charge in [-0.3, -0.25) is 4.79 Å². The van der Waals surface area contributed by atoms with Crippen LogP contribution in [-0.2, 0) is 6.18 Å². The molecule has 0 radical (unpaired) electrons. The van der Waals surface area contributed by atoms with E-state index in [0.717, 1.165) is 34.5 Å². The molecule has 1 N–H and O–H groups in total. The van der Waals surface area contributed by atoms with Crippen LogP contribution in [0.4, 0.5) is 18.9 Å². The predicted molar refractivity (Wildman–Crippen MR) is 111 cm³/mol. The van der Waals surface area contributed by atoms with Gasteiger partial charge in [-0.25, -0.2) is 4.98 Å². The number of carbonyl (C=O) groups excluding carboxylic acids is 1. The van der Waals surface area contributed by atoms with Crippen LogP contribution in [0.5, 0.6) is 5.75 Å². The Balaban J connectivity index is 1.68. The van der Waals surface area contributed by atoms with Gasteiger partial charge in [0.25, 0.3) is 5.91 Å². The van der Waals surface area contributed by atoms with Gasteiger partial charge >= 0.3 is 6.18 Å². The SMILES string of the molecule is COc1ccc(NC(=O)c2ccc(C(F)(F)F)cc2)c(-c2nc3ccccc3s2)c1. The van der Waals surface area contributed by atoms with E-state index in [2.05, 4.69) is 10.3 Å². The minimum absolute atomic E-state index is 0.120. The van der Waals surface area contributed by atoms with Crippen LogP contribution in [0, 0.1) is 0 Å². The highest BCUT2D eigenvalue weighted by Crippen LogP contribution is 2.37. The summed E-state index contributed by atoms with van der Waals surface area (Å²) in [5.74, 6) is 0.0769. The van der Waals surface area contributed by atoms with Gasteiger partial charge < -0.3 is 10.1 Å². The number of nitrogens with one attached hydrogen (secondary N) is 1. The zero-order valence-electron chi connectivity index (χ0n) is 15.7. The Labute approximate surface area is 174 Å². The van der Waals surface area contributed by atoms with E-state index in [1.54, 1.807) is 18.2 Å². The number of nitrogens with zero attached hydrogens (tertiary/aromatic N) is 1. The Hall–Kier alpha value is -3.39. The summed E-state index contributed by atoms with van der Waals surface area (Å²) in [5, 5.41) is 3.46. The molecule has 1 heterocycles. The van der Waals surface area contributed by atoms with E-state index in [9.17, 15) is 18.0 Å². The van der Waals surface area contributed by atoms with Crippen LogP contribution in [0.2, 0.25) is 0 Å². The van der Waals surface area contributed by atoms with E-state index in [1.807, 2.05) is 24.3 Å². The van der Waals surface area contributed by atoms with Crippen molar-refractivity contribution in [2.75, 3.05) is 12.4 Å². The molecular formula is C22H15F3N2O2S. The lowest BCUT2D eigenvalue weighted by Gasteiger charge is -2.12. The van der Waals surface area contributed by atoms with Crippen molar-refractivity contribution < 1.29 is 22.7 Å². The molecule has 1 amide bonds. The first-order chi connectivity index (χ1) is 14.3. The van der Waals surface area contributed by atoms with Gasteiger partial charge in [0.2, 0.25) is 0 Å². The number of ether oxygens (including phenoxy) is 1. The number of carbonyl (C=O) groups is 1. The first kappa shape index (κ1) is 19.9. The number of fused-ring (bicyclic) bond motifs is 1. The number of thiazole rings is 1. The van der Waals surface area contributed by atoms with Crippen LogP contribution in [0.25, 0.3) is 20.8 Å². The van der Waals surface area contributed by atoms with Crippen LogP contribution in [-0.4, -0.2) is 18.0 Å². The van der Waals surface area contributed by atoms with E-state index in [0.29, 0.717) is 22.0 Å². The lowest BCUT2D eigenvalue weighted by Crippen LogP contribution is -2.13. The molecule has 152 valence electrons. The molecule has 0 atom stereocenters. The summed E-state index contributed by atoms with van der Waals surface area (Å²) in [6.07, 6.45) is -4.45. The minimum atomic E-state index is -4.45. The summed E-state index contributed by atoms with van der Waals surface area (Å²) in [6.45, 7) is 0. The van der Waals surface area contributed by atoms with E-state index in [1.165, 1.54) is 18.4 Å². The third kappa shape index (κ3) is 3.99. The molecule has 4 aromatic rings. The van der Waals surface area contributed by atoms with Crippen molar-refractivity contribution in [2.45, 2.75) is 6.18 Å². The van der Waals surface area contributed by atoms with Gasteiger partial charge in [0.15, 0.2) is 0 Å². The number of hydrogen-bond donors (Lipinski definition) is 1. The second kappa shape index (κ2) is 7.79. The third-order valence-corrected chi connectivity index (χ3v) is 5.54. The van der Waals surface area contributed by atoms with Gasteiger partial charge in [-0.2, -0.15) is 13.2 Å². The summed E-state index contributed by atoms with van der Waals surface area (Å²) < 4.78 is 44.5. The van der Waals surface area contributed by atoms with E-state index >= 15 is 0 Å². The largest absolute Gasteiger partial charge is 0.497 e. The molecule has 8 heteroatoms. The fourth-order valence-corrected chi connectivity index (χ4v) is 3.92. The van der Waals surface area contributed by atoms with Crippen molar-refractivity contribution in [1.82, 2.24) is 4.98 Å². The topological polar surface area (TPSA) is 51.2 Å². The van der Waals surface area contributed by atoms with E-state index in [4.69, 9.17) is 4.74 Å². The fraction of sp³-hybridized carbons (Fsp3) is 0.0909. The van der Waals surface area contributed by atoms with Crippen molar-refractivity contribution in [1.29, 1.82) is 0 Å². The molecule has 0 bridgehead atoms. The Kier molecular flexibility index (Phi) is 5.17. The summed E-state index contributed by atoms with van der Waals surface area (Å²) >= 11 is 1.47. The lowest BCUT2D eigenvalue weighted by molar-refractivity contribution is -0.137. The minimum Gasteiger partial charge on any atom is -0.497 e. The van der Waals surface area contributed by atoms with Crippen LogP contribution in [0.1, 0.15) is 15.9 Å². The average Bonchev–Trinajstić information content (AvgIpc) is 3.17. The van der Waals surface area contributed by atoms with Gasteiger partial charge in [-0.1, -0.05) is 12.1 Å². The number of amides is 1. The molecule has 0 aliphatic heterocycles. The second-order valence-corrected chi connectivity index (χ2v) is 7.46.